The molecule has 0 amide bonds. The Morgan fingerprint density at radius 1 is 0.926 bits per heavy atom. The molecule has 4 aromatic rings. The molecule has 0 saturated heterocycles. The number of anilines is 1. The van der Waals surface area contributed by atoms with E-state index in [1.807, 2.05) is 35.5 Å². The lowest BCUT2D eigenvalue weighted by Crippen LogP contribution is -2.16. The smallest absolute Gasteiger partial charge is 0.0597 e. The molecular formula is C24H23N3. The van der Waals surface area contributed by atoms with Crippen molar-refractivity contribution in [2.75, 3.05) is 11.6 Å². The van der Waals surface area contributed by atoms with Gasteiger partial charge in [-0.25, -0.2) is 0 Å². The molecule has 0 radical (unpaired) electrons. The number of hydrazone groups is 1. The van der Waals surface area contributed by atoms with Gasteiger partial charge >= 0.3 is 0 Å². The normalized spacial score (nSPS) is 11.4. The first kappa shape index (κ1) is 17.1. The van der Waals surface area contributed by atoms with E-state index >= 15 is 0 Å². The topological polar surface area (TPSA) is 20.5 Å². The van der Waals surface area contributed by atoms with E-state index in [2.05, 4.69) is 72.7 Å². The number of para-hydroxylation sites is 2. The van der Waals surface area contributed by atoms with Crippen molar-refractivity contribution in [3.8, 4) is 0 Å². The maximum absolute atomic E-state index is 4.70. The molecule has 0 unspecified atom stereocenters. The zero-order valence-electron chi connectivity index (χ0n) is 15.5. The Balaban J connectivity index is 1.74. The molecule has 1 heterocycles. The highest BCUT2D eigenvalue weighted by Gasteiger charge is 2.09. The highest BCUT2D eigenvalue weighted by Crippen LogP contribution is 2.29. The Labute approximate surface area is 159 Å². The highest BCUT2D eigenvalue weighted by molar-refractivity contribution is 6.09. The summed E-state index contributed by atoms with van der Waals surface area (Å²) in [5.41, 5.74) is 4.69. The van der Waals surface area contributed by atoms with E-state index in [1.54, 1.807) is 0 Å². The average molecular weight is 353 g/mol. The lowest BCUT2D eigenvalue weighted by Gasteiger charge is -2.16. The molecule has 0 aliphatic heterocycles. The molecule has 4 rings (SSSR count). The predicted molar refractivity (Wildman–Crippen MR) is 117 cm³/mol. The number of aromatic nitrogens is 1. The van der Waals surface area contributed by atoms with Crippen LogP contribution in [0.5, 0.6) is 0 Å². The number of aryl methyl sites for hydroxylation is 1. The summed E-state index contributed by atoms with van der Waals surface area (Å²) in [6, 6.07) is 25.3. The van der Waals surface area contributed by atoms with Gasteiger partial charge in [0.15, 0.2) is 0 Å². The number of fused-ring (bicyclic) bond motifs is 3. The van der Waals surface area contributed by atoms with Gasteiger partial charge in [0.2, 0.25) is 0 Å². The van der Waals surface area contributed by atoms with Crippen molar-refractivity contribution in [3.05, 3.63) is 91.0 Å². The molecule has 0 aliphatic carbocycles. The van der Waals surface area contributed by atoms with Crippen LogP contribution in [0.1, 0.15) is 12.5 Å². The Bertz CT molecular complexity index is 1110. The summed E-state index contributed by atoms with van der Waals surface area (Å²) in [6.07, 6.45) is 3.79. The van der Waals surface area contributed by atoms with Gasteiger partial charge in [-0.3, -0.25) is 5.01 Å². The summed E-state index contributed by atoms with van der Waals surface area (Å²) in [5.74, 6) is 0. The van der Waals surface area contributed by atoms with Crippen LogP contribution in [0.15, 0.2) is 90.6 Å². The van der Waals surface area contributed by atoms with Gasteiger partial charge in [0.05, 0.1) is 18.4 Å². The van der Waals surface area contributed by atoms with Gasteiger partial charge in [-0.1, -0.05) is 48.5 Å². The van der Waals surface area contributed by atoms with Gasteiger partial charge in [-0.15, -0.1) is 6.58 Å². The number of hydrogen-bond donors (Lipinski definition) is 0. The lowest BCUT2D eigenvalue weighted by atomic mass is 10.1. The van der Waals surface area contributed by atoms with Crippen LogP contribution in [-0.2, 0) is 6.54 Å². The van der Waals surface area contributed by atoms with E-state index in [0.29, 0.717) is 6.54 Å². The first-order chi connectivity index (χ1) is 13.3. The fraction of sp³-hybridized carbons (Fsp3) is 0.125. The maximum atomic E-state index is 4.70. The standard InChI is InChI=1S/C24H23N3/c1-3-16-27(20-10-6-5-7-11-20)25-18-19-14-15-24-22(17-19)21-12-8-9-13-23(21)26(24)4-2/h3,5-15,17-18H,1,4,16H2,2H3. The zero-order chi connectivity index (χ0) is 18.6. The molecule has 3 nitrogen and oxygen atoms in total. The highest BCUT2D eigenvalue weighted by atomic mass is 15.4. The summed E-state index contributed by atoms with van der Waals surface area (Å²) in [7, 11) is 0. The van der Waals surface area contributed by atoms with E-state index in [9.17, 15) is 0 Å². The molecule has 0 saturated carbocycles. The SMILES string of the molecule is C=CCN(N=Cc1ccc2c(c1)c1ccccc1n2CC)c1ccccc1. The van der Waals surface area contributed by atoms with Crippen molar-refractivity contribution in [1.82, 2.24) is 4.57 Å². The molecule has 0 N–H and O–H groups in total. The monoisotopic (exact) mass is 353 g/mol. The second-order valence-corrected chi connectivity index (χ2v) is 6.49. The molecule has 0 bridgehead atoms. The minimum atomic E-state index is 0.665. The third kappa shape index (κ3) is 3.24. The zero-order valence-corrected chi connectivity index (χ0v) is 15.5. The summed E-state index contributed by atoms with van der Waals surface area (Å²) in [5, 5.41) is 9.21. The summed E-state index contributed by atoms with van der Waals surface area (Å²) in [6.45, 7) is 7.66. The minimum Gasteiger partial charge on any atom is -0.341 e. The Morgan fingerprint density at radius 2 is 1.67 bits per heavy atom. The average Bonchev–Trinajstić information content (AvgIpc) is 3.05. The number of rotatable bonds is 6. The third-order valence-electron chi connectivity index (χ3n) is 4.82. The summed E-state index contributed by atoms with van der Waals surface area (Å²) < 4.78 is 2.36. The maximum Gasteiger partial charge on any atom is 0.0597 e. The van der Waals surface area contributed by atoms with Crippen molar-refractivity contribution >= 4 is 33.7 Å². The van der Waals surface area contributed by atoms with Crippen LogP contribution >= 0.6 is 0 Å². The van der Waals surface area contributed by atoms with Crippen molar-refractivity contribution in [2.45, 2.75) is 13.5 Å². The van der Waals surface area contributed by atoms with E-state index in [4.69, 9.17) is 5.10 Å². The largest absolute Gasteiger partial charge is 0.341 e. The van der Waals surface area contributed by atoms with Crippen LogP contribution < -0.4 is 5.01 Å². The molecular weight excluding hydrogens is 330 g/mol. The fourth-order valence-electron chi connectivity index (χ4n) is 3.57. The molecule has 27 heavy (non-hydrogen) atoms. The first-order valence-electron chi connectivity index (χ1n) is 9.30. The Hall–Kier alpha value is -3.33. The molecule has 3 heteroatoms. The first-order valence-corrected chi connectivity index (χ1v) is 9.30. The fourth-order valence-corrected chi connectivity index (χ4v) is 3.57. The third-order valence-corrected chi connectivity index (χ3v) is 4.82. The van der Waals surface area contributed by atoms with Crippen molar-refractivity contribution < 1.29 is 0 Å². The number of nitrogens with zero attached hydrogens (tertiary/aromatic N) is 3. The molecule has 0 atom stereocenters. The van der Waals surface area contributed by atoms with Crippen molar-refractivity contribution in [3.63, 3.8) is 0 Å². The van der Waals surface area contributed by atoms with Crippen molar-refractivity contribution in [1.29, 1.82) is 0 Å². The van der Waals surface area contributed by atoms with E-state index < -0.39 is 0 Å². The van der Waals surface area contributed by atoms with Gasteiger partial charge in [-0.05, 0) is 42.8 Å². The summed E-state index contributed by atoms with van der Waals surface area (Å²) >= 11 is 0. The van der Waals surface area contributed by atoms with Crippen LogP contribution in [0, 0.1) is 0 Å². The lowest BCUT2D eigenvalue weighted by molar-refractivity contribution is 0.827. The Morgan fingerprint density at radius 3 is 2.44 bits per heavy atom. The number of benzene rings is 3. The second-order valence-electron chi connectivity index (χ2n) is 6.49. The Kier molecular flexibility index (Phi) is 4.75. The molecule has 3 aromatic carbocycles. The van der Waals surface area contributed by atoms with E-state index in [0.717, 1.165) is 17.8 Å². The quantitative estimate of drug-likeness (QED) is 0.242. The van der Waals surface area contributed by atoms with Crippen LogP contribution in [0.3, 0.4) is 0 Å². The number of hydrogen-bond acceptors (Lipinski definition) is 2. The van der Waals surface area contributed by atoms with Gasteiger partial charge in [0.25, 0.3) is 0 Å². The molecule has 0 aliphatic rings. The van der Waals surface area contributed by atoms with Crippen LogP contribution in [-0.4, -0.2) is 17.3 Å². The van der Waals surface area contributed by atoms with Gasteiger partial charge in [0, 0.05) is 28.4 Å². The van der Waals surface area contributed by atoms with Crippen LogP contribution in [0.2, 0.25) is 0 Å². The van der Waals surface area contributed by atoms with Gasteiger partial charge in [-0.2, -0.15) is 5.10 Å². The van der Waals surface area contributed by atoms with Crippen molar-refractivity contribution in [2.24, 2.45) is 5.10 Å². The molecule has 0 spiro atoms. The minimum absolute atomic E-state index is 0.665. The van der Waals surface area contributed by atoms with E-state index in [1.165, 1.54) is 21.8 Å². The predicted octanol–water partition coefficient (Wildman–Crippen LogP) is 5.84. The molecule has 0 fully saturated rings. The van der Waals surface area contributed by atoms with E-state index in [-0.39, 0.29) is 0 Å². The van der Waals surface area contributed by atoms with Crippen LogP contribution in [0.4, 0.5) is 5.69 Å². The van der Waals surface area contributed by atoms with Gasteiger partial charge in [0.1, 0.15) is 0 Å². The summed E-state index contributed by atoms with van der Waals surface area (Å²) in [4.78, 5) is 0. The van der Waals surface area contributed by atoms with Gasteiger partial charge < -0.3 is 4.57 Å². The molecule has 1 aromatic heterocycles. The molecule has 134 valence electrons. The second kappa shape index (κ2) is 7.50. The van der Waals surface area contributed by atoms with Crippen LogP contribution in [0.25, 0.3) is 21.8 Å².